The van der Waals surface area contributed by atoms with Crippen LogP contribution in [0, 0.1) is 5.41 Å². The van der Waals surface area contributed by atoms with E-state index in [2.05, 4.69) is 69.1 Å². The largest absolute Gasteiger partial charge is 0.387 e. The molecular weight excluding hydrogens is 322 g/mol. The summed E-state index contributed by atoms with van der Waals surface area (Å²) in [5, 5.41) is 14.6. The zero-order valence-electron chi connectivity index (χ0n) is 16.6. The van der Waals surface area contributed by atoms with Gasteiger partial charge in [0.15, 0.2) is 0 Å². The van der Waals surface area contributed by atoms with Crippen molar-refractivity contribution in [3.8, 4) is 0 Å². The second kappa shape index (κ2) is 6.86. The number of nitrogens with one attached hydrogen (secondary N) is 1. The first-order chi connectivity index (χ1) is 12.1. The smallest absolute Gasteiger partial charge is 0.0914 e. The molecule has 0 saturated carbocycles. The Morgan fingerprint density at radius 2 is 2.04 bits per heavy atom. The molecule has 26 heavy (non-hydrogen) atoms. The average Bonchev–Trinajstić information content (AvgIpc) is 2.97. The molecule has 0 aliphatic carbocycles. The van der Waals surface area contributed by atoms with Crippen molar-refractivity contribution in [2.75, 3.05) is 5.32 Å². The van der Waals surface area contributed by atoms with Crippen molar-refractivity contribution in [2.45, 2.75) is 76.7 Å². The van der Waals surface area contributed by atoms with E-state index >= 15 is 0 Å². The van der Waals surface area contributed by atoms with Gasteiger partial charge in [0.2, 0.25) is 0 Å². The third kappa shape index (κ3) is 4.05. The third-order valence-corrected chi connectivity index (χ3v) is 6.04. The van der Waals surface area contributed by atoms with Crippen LogP contribution in [0.25, 0.3) is 6.08 Å². The zero-order chi connectivity index (χ0) is 19.0. The fraction of sp³-hybridized carbons (Fsp3) is 0.565. The number of hydrogen-bond acceptors (Lipinski definition) is 3. The summed E-state index contributed by atoms with van der Waals surface area (Å²) >= 11 is 0. The number of allylic oxidation sites excluding steroid dienone is 1. The standard InChI is InChI=1S/C23H33NO2/c1-6-17-9-7-10-18(15-17)24-19-16-21(2,3)12-8-13-22(4,25)20-11-14-23(19,5)26-20/h6-10,12,15,19-20,24-25H,1,11,13-14,16H2,2-5H3/b12-8+/t19-,20?,22-,23-/m1/s1. The van der Waals surface area contributed by atoms with Crippen molar-refractivity contribution in [3.63, 3.8) is 0 Å². The maximum atomic E-state index is 10.9. The molecule has 4 atom stereocenters. The molecule has 1 aromatic rings. The molecular formula is C23H33NO2. The Kier molecular flexibility index (Phi) is 5.06. The minimum absolute atomic E-state index is 0.0194. The molecule has 3 heteroatoms. The molecule has 1 fully saturated rings. The highest BCUT2D eigenvalue weighted by molar-refractivity contribution is 5.56. The molecule has 2 aliphatic rings. The fourth-order valence-corrected chi connectivity index (χ4v) is 4.27. The highest BCUT2D eigenvalue weighted by atomic mass is 16.5. The van der Waals surface area contributed by atoms with Gasteiger partial charge in [-0.05, 0) is 62.6 Å². The lowest BCUT2D eigenvalue weighted by Crippen LogP contribution is -2.49. The van der Waals surface area contributed by atoms with E-state index in [-0.39, 0.29) is 23.2 Å². The van der Waals surface area contributed by atoms with Gasteiger partial charge in [-0.2, -0.15) is 0 Å². The molecule has 142 valence electrons. The maximum Gasteiger partial charge on any atom is 0.0914 e. The van der Waals surface area contributed by atoms with Crippen molar-refractivity contribution in [1.82, 2.24) is 0 Å². The highest BCUT2D eigenvalue weighted by Crippen LogP contribution is 2.44. The molecule has 0 aromatic heterocycles. The first-order valence-corrected chi connectivity index (χ1v) is 9.71. The molecule has 0 radical (unpaired) electrons. The van der Waals surface area contributed by atoms with Crippen molar-refractivity contribution >= 4 is 11.8 Å². The monoisotopic (exact) mass is 355 g/mol. The number of fused-ring (bicyclic) bond motifs is 2. The lowest BCUT2D eigenvalue weighted by molar-refractivity contribution is -0.130. The summed E-state index contributed by atoms with van der Waals surface area (Å²) in [7, 11) is 0. The van der Waals surface area contributed by atoms with Gasteiger partial charge in [0.1, 0.15) is 0 Å². The number of aliphatic hydroxyl groups is 1. The van der Waals surface area contributed by atoms with Crippen LogP contribution in [0.1, 0.15) is 58.9 Å². The summed E-state index contributed by atoms with van der Waals surface area (Å²) in [6.45, 7) is 12.5. The molecule has 0 spiro atoms. The second-order valence-corrected chi connectivity index (χ2v) is 9.14. The Hall–Kier alpha value is -1.58. The van der Waals surface area contributed by atoms with Crippen LogP contribution in [0.5, 0.6) is 0 Å². The second-order valence-electron chi connectivity index (χ2n) is 9.14. The SMILES string of the molecule is C=Cc1cccc(N[C@@H]2CC(C)(C)/C=C/C[C@@](C)(O)C3CC[C@@]2(C)O3)c1. The minimum atomic E-state index is -0.824. The summed E-state index contributed by atoms with van der Waals surface area (Å²) in [6.07, 6.45) is 9.56. The molecule has 3 rings (SSSR count). The first-order valence-electron chi connectivity index (χ1n) is 9.71. The van der Waals surface area contributed by atoms with E-state index < -0.39 is 5.60 Å². The van der Waals surface area contributed by atoms with Crippen molar-refractivity contribution in [1.29, 1.82) is 0 Å². The van der Waals surface area contributed by atoms with Crippen molar-refractivity contribution in [2.24, 2.45) is 5.41 Å². The van der Waals surface area contributed by atoms with Gasteiger partial charge in [-0.1, -0.05) is 50.8 Å². The first kappa shape index (κ1) is 19.2. The molecule has 1 saturated heterocycles. The summed E-state index contributed by atoms with van der Waals surface area (Å²) in [5.74, 6) is 0. The van der Waals surface area contributed by atoms with Crippen LogP contribution < -0.4 is 5.32 Å². The molecule has 3 nitrogen and oxygen atoms in total. The number of anilines is 1. The maximum absolute atomic E-state index is 10.9. The van der Waals surface area contributed by atoms with Gasteiger partial charge in [-0.3, -0.25) is 0 Å². The van der Waals surface area contributed by atoms with E-state index in [0.29, 0.717) is 6.42 Å². The van der Waals surface area contributed by atoms with E-state index in [1.807, 2.05) is 13.0 Å². The number of rotatable bonds is 3. The highest BCUT2D eigenvalue weighted by Gasteiger charge is 2.49. The molecule has 2 heterocycles. The lowest BCUT2D eigenvalue weighted by atomic mass is 9.78. The van der Waals surface area contributed by atoms with Crippen LogP contribution in [0.3, 0.4) is 0 Å². The predicted molar refractivity (Wildman–Crippen MR) is 109 cm³/mol. The number of ether oxygens (including phenoxy) is 1. The van der Waals surface area contributed by atoms with Crippen LogP contribution >= 0.6 is 0 Å². The lowest BCUT2D eigenvalue weighted by Gasteiger charge is -2.41. The van der Waals surface area contributed by atoms with Crippen LogP contribution in [-0.2, 0) is 4.74 Å². The van der Waals surface area contributed by atoms with Crippen LogP contribution in [0.15, 0.2) is 43.0 Å². The molecule has 2 bridgehead atoms. The quantitative estimate of drug-likeness (QED) is 0.735. The van der Waals surface area contributed by atoms with Crippen LogP contribution in [0.2, 0.25) is 0 Å². The Labute approximate surface area is 158 Å². The van der Waals surface area contributed by atoms with Crippen LogP contribution in [0.4, 0.5) is 5.69 Å². The summed E-state index contributed by atoms with van der Waals surface area (Å²) in [4.78, 5) is 0. The van der Waals surface area contributed by atoms with Gasteiger partial charge in [-0.15, -0.1) is 0 Å². The van der Waals surface area contributed by atoms with Crippen molar-refractivity contribution in [3.05, 3.63) is 48.6 Å². The van der Waals surface area contributed by atoms with Gasteiger partial charge in [0.25, 0.3) is 0 Å². The molecule has 2 N–H and O–H groups in total. The van der Waals surface area contributed by atoms with E-state index in [1.54, 1.807) is 0 Å². The van der Waals surface area contributed by atoms with Gasteiger partial charge in [-0.25, -0.2) is 0 Å². The Bertz CT molecular complexity index is 691. The summed E-state index contributed by atoms with van der Waals surface area (Å²) in [5.41, 5.74) is 1.08. The van der Waals surface area contributed by atoms with Gasteiger partial charge in [0, 0.05) is 5.69 Å². The Morgan fingerprint density at radius 3 is 2.77 bits per heavy atom. The average molecular weight is 356 g/mol. The van der Waals surface area contributed by atoms with E-state index in [9.17, 15) is 5.11 Å². The van der Waals surface area contributed by atoms with Gasteiger partial charge in [0.05, 0.1) is 23.3 Å². The third-order valence-electron chi connectivity index (χ3n) is 6.04. The van der Waals surface area contributed by atoms with Gasteiger partial charge < -0.3 is 15.2 Å². The van der Waals surface area contributed by atoms with Crippen LogP contribution in [-0.4, -0.2) is 28.5 Å². The predicted octanol–water partition coefficient (Wildman–Crippen LogP) is 5.18. The van der Waals surface area contributed by atoms with E-state index in [4.69, 9.17) is 4.74 Å². The van der Waals surface area contributed by atoms with Crippen molar-refractivity contribution < 1.29 is 9.84 Å². The van der Waals surface area contributed by atoms with Gasteiger partial charge >= 0.3 is 0 Å². The Balaban J connectivity index is 1.94. The number of benzene rings is 1. The summed E-state index contributed by atoms with van der Waals surface area (Å²) in [6, 6.07) is 8.48. The molecule has 2 aliphatic heterocycles. The summed E-state index contributed by atoms with van der Waals surface area (Å²) < 4.78 is 6.51. The fourth-order valence-electron chi connectivity index (χ4n) is 4.27. The normalized spacial score (nSPS) is 37.7. The molecule has 1 unspecified atom stereocenters. The molecule has 1 aromatic carbocycles. The van der Waals surface area contributed by atoms with E-state index in [1.165, 1.54) is 0 Å². The number of hydrogen-bond donors (Lipinski definition) is 2. The molecule has 0 amide bonds. The Morgan fingerprint density at radius 1 is 1.27 bits per heavy atom. The topological polar surface area (TPSA) is 41.5 Å². The zero-order valence-corrected chi connectivity index (χ0v) is 16.6. The van der Waals surface area contributed by atoms with E-state index in [0.717, 1.165) is 30.5 Å². The minimum Gasteiger partial charge on any atom is -0.387 e.